The van der Waals surface area contributed by atoms with Gasteiger partial charge in [0.05, 0.1) is 19.3 Å². The van der Waals surface area contributed by atoms with Crippen molar-refractivity contribution in [1.29, 1.82) is 5.26 Å². The van der Waals surface area contributed by atoms with E-state index in [0.29, 0.717) is 13.2 Å². The van der Waals surface area contributed by atoms with Crippen LogP contribution in [0.3, 0.4) is 0 Å². The van der Waals surface area contributed by atoms with Gasteiger partial charge in [-0.2, -0.15) is 5.26 Å². The van der Waals surface area contributed by atoms with Crippen LogP contribution in [0.5, 0.6) is 0 Å². The van der Waals surface area contributed by atoms with Gasteiger partial charge in [-0.3, -0.25) is 5.32 Å². The standard InChI is InChI=1S/C15H22N2O/c1-12-7-5-6-8-13(12)10-18-11-14(9-16)17-15(2,3)4/h5-8,14,17H,10-11H2,1-4H3. The Kier molecular flexibility index (Phi) is 5.33. The quantitative estimate of drug-likeness (QED) is 0.869. The van der Waals surface area contributed by atoms with E-state index < -0.39 is 0 Å². The van der Waals surface area contributed by atoms with Gasteiger partial charge < -0.3 is 4.74 Å². The Morgan fingerprint density at radius 1 is 1.33 bits per heavy atom. The zero-order valence-corrected chi connectivity index (χ0v) is 11.7. The lowest BCUT2D eigenvalue weighted by molar-refractivity contribution is 0.103. The van der Waals surface area contributed by atoms with Crippen molar-refractivity contribution in [3.63, 3.8) is 0 Å². The van der Waals surface area contributed by atoms with Crippen molar-refractivity contribution in [3.05, 3.63) is 35.4 Å². The van der Waals surface area contributed by atoms with Crippen molar-refractivity contribution in [3.8, 4) is 6.07 Å². The smallest absolute Gasteiger partial charge is 0.119 e. The van der Waals surface area contributed by atoms with Crippen LogP contribution in [-0.2, 0) is 11.3 Å². The molecule has 1 aromatic carbocycles. The van der Waals surface area contributed by atoms with Crippen molar-refractivity contribution in [2.24, 2.45) is 0 Å². The van der Waals surface area contributed by atoms with Crippen molar-refractivity contribution in [1.82, 2.24) is 5.32 Å². The topological polar surface area (TPSA) is 45.0 Å². The van der Waals surface area contributed by atoms with Gasteiger partial charge in [-0.05, 0) is 38.8 Å². The molecule has 1 atom stereocenters. The summed E-state index contributed by atoms with van der Waals surface area (Å²) in [6.45, 7) is 9.14. The van der Waals surface area contributed by atoms with Crippen molar-refractivity contribution >= 4 is 0 Å². The highest BCUT2D eigenvalue weighted by Gasteiger charge is 2.16. The maximum Gasteiger partial charge on any atom is 0.119 e. The van der Waals surface area contributed by atoms with Crippen LogP contribution < -0.4 is 5.32 Å². The molecular weight excluding hydrogens is 224 g/mol. The number of nitrogens with zero attached hydrogens (tertiary/aromatic N) is 1. The summed E-state index contributed by atoms with van der Waals surface area (Å²) in [5.41, 5.74) is 2.31. The highest BCUT2D eigenvalue weighted by molar-refractivity contribution is 5.24. The Morgan fingerprint density at radius 2 is 2.00 bits per heavy atom. The normalized spacial score (nSPS) is 13.1. The minimum Gasteiger partial charge on any atom is -0.374 e. The fraction of sp³-hybridized carbons (Fsp3) is 0.533. The summed E-state index contributed by atoms with van der Waals surface area (Å²) in [6, 6.07) is 10.1. The summed E-state index contributed by atoms with van der Waals surface area (Å²) >= 11 is 0. The zero-order valence-electron chi connectivity index (χ0n) is 11.7. The second-order valence-electron chi connectivity index (χ2n) is 5.52. The molecule has 0 aliphatic heterocycles. The molecule has 0 aliphatic carbocycles. The lowest BCUT2D eigenvalue weighted by Gasteiger charge is -2.24. The largest absolute Gasteiger partial charge is 0.374 e. The fourth-order valence-electron chi connectivity index (χ4n) is 1.69. The predicted molar refractivity (Wildman–Crippen MR) is 73.1 cm³/mol. The SMILES string of the molecule is Cc1ccccc1COCC(C#N)NC(C)(C)C. The first-order chi connectivity index (χ1) is 8.42. The first-order valence-electron chi connectivity index (χ1n) is 6.22. The van der Waals surface area contributed by atoms with Gasteiger partial charge in [-0.1, -0.05) is 24.3 Å². The molecule has 0 saturated heterocycles. The number of benzene rings is 1. The molecule has 0 amide bonds. The molecule has 0 spiro atoms. The monoisotopic (exact) mass is 246 g/mol. The lowest BCUT2D eigenvalue weighted by atomic mass is 10.1. The van der Waals surface area contributed by atoms with E-state index >= 15 is 0 Å². The maximum absolute atomic E-state index is 9.05. The van der Waals surface area contributed by atoms with E-state index in [1.54, 1.807) is 0 Å². The molecule has 0 aliphatic rings. The van der Waals surface area contributed by atoms with E-state index in [9.17, 15) is 0 Å². The molecule has 0 heterocycles. The summed E-state index contributed by atoms with van der Waals surface area (Å²) in [5.74, 6) is 0. The molecule has 3 nitrogen and oxygen atoms in total. The number of hydrogen-bond donors (Lipinski definition) is 1. The minimum atomic E-state index is -0.269. The number of aryl methyl sites for hydroxylation is 1. The summed E-state index contributed by atoms with van der Waals surface area (Å²) in [4.78, 5) is 0. The lowest BCUT2D eigenvalue weighted by Crippen LogP contribution is -2.45. The van der Waals surface area contributed by atoms with Crippen LogP contribution in [0, 0.1) is 18.3 Å². The second-order valence-corrected chi connectivity index (χ2v) is 5.52. The molecule has 3 heteroatoms. The van der Waals surface area contributed by atoms with E-state index in [0.717, 1.165) is 0 Å². The molecule has 1 unspecified atom stereocenters. The third-order valence-electron chi connectivity index (χ3n) is 2.57. The van der Waals surface area contributed by atoms with Crippen LogP contribution in [0.4, 0.5) is 0 Å². The van der Waals surface area contributed by atoms with Gasteiger partial charge in [0.1, 0.15) is 6.04 Å². The van der Waals surface area contributed by atoms with Crippen molar-refractivity contribution in [2.45, 2.75) is 45.9 Å². The van der Waals surface area contributed by atoms with Crippen LogP contribution in [-0.4, -0.2) is 18.2 Å². The number of rotatable bonds is 5. The second kappa shape index (κ2) is 6.53. The van der Waals surface area contributed by atoms with E-state index in [1.807, 2.05) is 39.0 Å². The highest BCUT2D eigenvalue weighted by atomic mass is 16.5. The predicted octanol–water partition coefficient (Wildman–Crippen LogP) is 2.79. The Morgan fingerprint density at radius 3 is 2.56 bits per heavy atom. The molecule has 1 N–H and O–H groups in total. The van der Waals surface area contributed by atoms with Crippen LogP contribution in [0.15, 0.2) is 24.3 Å². The average molecular weight is 246 g/mol. The van der Waals surface area contributed by atoms with Gasteiger partial charge in [0.25, 0.3) is 0 Å². The van der Waals surface area contributed by atoms with Crippen molar-refractivity contribution < 1.29 is 4.74 Å². The molecule has 1 aromatic rings. The Hall–Kier alpha value is -1.37. The van der Waals surface area contributed by atoms with E-state index in [2.05, 4.69) is 24.4 Å². The summed E-state index contributed by atoms with van der Waals surface area (Å²) in [5, 5.41) is 12.3. The van der Waals surface area contributed by atoms with Gasteiger partial charge in [0, 0.05) is 5.54 Å². The van der Waals surface area contributed by atoms with E-state index in [4.69, 9.17) is 10.00 Å². The van der Waals surface area contributed by atoms with E-state index in [1.165, 1.54) is 11.1 Å². The molecule has 18 heavy (non-hydrogen) atoms. The van der Waals surface area contributed by atoms with Gasteiger partial charge in [-0.15, -0.1) is 0 Å². The Labute approximate surface area is 110 Å². The summed E-state index contributed by atoms with van der Waals surface area (Å²) in [7, 11) is 0. The molecule has 0 aromatic heterocycles. The molecule has 1 rings (SSSR count). The van der Waals surface area contributed by atoms with Crippen LogP contribution in [0.1, 0.15) is 31.9 Å². The minimum absolute atomic E-state index is 0.0770. The highest BCUT2D eigenvalue weighted by Crippen LogP contribution is 2.09. The van der Waals surface area contributed by atoms with Gasteiger partial charge >= 0.3 is 0 Å². The van der Waals surface area contributed by atoms with Gasteiger partial charge in [0.2, 0.25) is 0 Å². The summed E-state index contributed by atoms with van der Waals surface area (Å²) < 4.78 is 5.61. The number of nitriles is 1. The van der Waals surface area contributed by atoms with Crippen molar-refractivity contribution in [2.75, 3.05) is 6.61 Å². The van der Waals surface area contributed by atoms with Gasteiger partial charge in [-0.25, -0.2) is 0 Å². The molecule has 0 saturated carbocycles. The third-order valence-corrected chi connectivity index (χ3v) is 2.57. The van der Waals surface area contributed by atoms with Crippen LogP contribution >= 0.6 is 0 Å². The first kappa shape index (κ1) is 14.7. The molecule has 0 bridgehead atoms. The first-order valence-corrected chi connectivity index (χ1v) is 6.22. The van der Waals surface area contributed by atoms with E-state index in [-0.39, 0.29) is 11.6 Å². The number of nitrogens with one attached hydrogen (secondary N) is 1. The number of ether oxygens (including phenoxy) is 1. The van der Waals surface area contributed by atoms with Crippen LogP contribution in [0.25, 0.3) is 0 Å². The average Bonchev–Trinajstić information content (AvgIpc) is 2.28. The van der Waals surface area contributed by atoms with Gasteiger partial charge in [0.15, 0.2) is 0 Å². The molecule has 0 fully saturated rings. The summed E-state index contributed by atoms with van der Waals surface area (Å²) in [6.07, 6.45) is 0. The fourth-order valence-corrected chi connectivity index (χ4v) is 1.69. The Bertz CT molecular complexity index is 415. The zero-order chi connectivity index (χ0) is 13.6. The molecule has 0 radical (unpaired) electrons. The number of hydrogen-bond acceptors (Lipinski definition) is 3. The van der Waals surface area contributed by atoms with Crippen LogP contribution in [0.2, 0.25) is 0 Å². The molecule has 98 valence electrons. The maximum atomic E-state index is 9.05. The third kappa shape index (κ3) is 5.31. The Balaban J connectivity index is 2.41. The molecular formula is C15H22N2O.